The zero-order valence-electron chi connectivity index (χ0n) is 18.6. The van der Waals surface area contributed by atoms with E-state index < -0.39 is 21.6 Å². The fraction of sp³-hybridized carbons (Fsp3) is 0.455. The van der Waals surface area contributed by atoms with Gasteiger partial charge in [-0.2, -0.15) is 5.26 Å². The van der Waals surface area contributed by atoms with Crippen molar-refractivity contribution in [3.63, 3.8) is 0 Å². The van der Waals surface area contributed by atoms with Crippen LogP contribution in [0, 0.1) is 17.9 Å². The molecule has 0 radical (unpaired) electrons. The van der Waals surface area contributed by atoms with Crippen LogP contribution in [0.25, 0.3) is 15.6 Å². The molecule has 0 N–H and O–H groups in total. The highest BCUT2D eigenvalue weighted by Gasteiger charge is 2.38. The Balaban J connectivity index is 2.74. The number of benzene rings is 2. The molecule has 0 aromatic heterocycles. The van der Waals surface area contributed by atoms with E-state index in [0.29, 0.717) is 21.9 Å². The second-order valence-electron chi connectivity index (χ2n) is 6.52. The molecular formula is C22H26N2O6P2. The van der Waals surface area contributed by atoms with Crippen LogP contribution in [0.2, 0.25) is 0 Å². The van der Waals surface area contributed by atoms with E-state index >= 15 is 0 Å². The first-order chi connectivity index (χ1) is 15.4. The molecule has 0 fully saturated rings. The van der Waals surface area contributed by atoms with E-state index in [2.05, 4.69) is 10.9 Å². The normalized spacial score (nSPS) is 12.1. The highest BCUT2D eigenvalue weighted by molar-refractivity contribution is 7.53. The van der Waals surface area contributed by atoms with Crippen LogP contribution in [-0.4, -0.2) is 26.4 Å². The molecule has 2 rings (SSSR count). The van der Waals surface area contributed by atoms with Gasteiger partial charge in [-0.05, 0) is 44.0 Å². The van der Waals surface area contributed by atoms with E-state index in [9.17, 15) is 14.4 Å². The van der Waals surface area contributed by atoms with Crippen LogP contribution in [0.4, 0.5) is 5.69 Å². The second kappa shape index (κ2) is 11.6. The summed E-state index contributed by atoms with van der Waals surface area (Å²) in [4.78, 5) is 3.65. The van der Waals surface area contributed by atoms with Gasteiger partial charge in [0.2, 0.25) is 14.1 Å². The van der Waals surface area contributed by atoms with Crippen LogP contribution >= 0.6 is 16.1 Å². The van der Waals surface area contributed by atoms with E-state index in [0.717, 1.165) is 0 Å². The highest BCUT2D eigenvalue weighted by Crippen LogP contribution is 2.52. The standard InChI is InChI=1S/C22H26N2O6P2/c1-6-27-22(31-25,28-7-2)20-13-12-17-18(21(20)24-5)11-10-16(19(17)14-23)15-32(26,29-8-3)30-9-4/h10-13H,6-9,15H2,1-4H3. The molecule has 2 aromatic carbocycles. The maximum absolute atomic E-state index is 13.0. The molecule has 10 heteroatoms. The minimum absolute atomic E-state index is 0.0659. The monoisotopic (exact) mass is 476 g/mol. The number of ether oxygens (including phenoxy) is 2. The van der Waals surface area contributed by atoms with Crippen LogP contribution in [0.1, 0.15) is 44.4 Å². The molecule has 170 valence electrons. The van der Waals surface area contributed by atoms with Crippen molar-refractivity contribution in [1.82, 2.24) is 0 Å². The Morgan fingerprint density at radius 3 is 2.09 bits per heavy atom. The fourth-order valence-corrected chi connectivity index (χ4v) is 5.86. The Kier molecular flexibility index (Phi) is 9.49. The molecular weight excluding hydrogens is 450 g/mol. The first kappa shape index (κ1) is 26.1. The molecule has 0 saturated heterocycles. The Bertz CT molecular complexity index is 1090. The van der Waals surface area contributed by atoms with Gasteiger partial charge < -0.3 is 18.5 Å². The van der Waals surface area contributed by atoms with Crippen molar-refractivity contribution in [3.8, 4) is 6.07 Å². The minimum Gasteiger partial charge on any atom is -0.338 e. The van der Waals surface area contributed by atoms with Gasteiger partial charge in [0.25, 0.3) is 5.53 Å². The molecule has 0 unspecified atom stereocenters. The van der Waals surface area contributed by atoms with Crippen LogP contribution < -0.4 is 0 Å². The summed E-state index contributed by atoms with van der Waals surface area (Å²) in [6, 6.07) is 8.72. The molecule has 0 aliphatic carbocycles. The van der Waals surface area contributed by atoms with E-state index in [1.807, 2.05) is 0 Å². The minimum atomic E-state index is -3.43. The lowest BCUT2D eigenvalue weighted by molar-refractivity contribution is -0.176. The van der Waals surface area contributed by atoms with Crippen LogP contribution in [0.5, 0.6) is 0 Å². The summed E-state index contributed by atoms with van der Waals surface area (Å²) >= 11 is 0. The van der Waals surface area contributed by atoms with Gasteiger partial charge in [0.15, 0.2) is 0 Å². The summed E-state index contributed by atoms with van der Waals surface area (Å²) < 4.78 is 47.2. The predicted molar refractivity (Wildman–Crippen MR) is 122 cm³/mol. The Labute approximate surface area is 190 Å². The van der Waals surface area contributed by atoms with Crippen molar-refractivity contribution in [2.45, 2.75) is 39.4 Å². The van der Waals surface area contributed by atoms with Gasteiger partial charge in [-0.3, -0.25) is 9.13 Å². The average Bonchev–Trinajstić information content (AvgIpc) is 2.78. The van der Waals surface area contributed by atoms with Gasteiger partial charge in [-0.25, -0.2) is 4.85 Å². The summed E-state index contributed by atoms with van der Waals surface area (Å²) in [5.74, 6) is 0. The van der Waals surface area contributed by atoms with Gasteiger partial charge in [-0.15, -0.1) is 0 Å². The summed E-state index contributed by atoms with van der Waals surface area (Å²) in [6.45, 7) is 15.6. The third kappa shape index (κ3) is 5.25. The first-order valence-electron chi connectivity index (χ1n) is 10.3. The Morgan fingerprint density at radius 1 is 1.03 bits per heavy atom. The number of hydrogen-bond acceptors (Lipinski definition) is 7. The maximum Gasteiger partial charge on any atom is 0.335 e. The van der Waals surface area contributed by atoms with E-state index in [1.54, 1.807) is 52.0 Å². The molecule has 0 aliphatic rings. The van der Waals surface area contributed by atoms with E-state index in [-0.39, 0.29) is 43.8 Å². The second-order valence-corrected chi connectivity index (χ2v) is 9.35. The van der Waals surface area contributed by atoms with Crippen molar-refractivity contribution >= 4 is 32.5 Å². The lowest BCUT2D eigenvalue weighted by atomic mass is 9.96. The smallest absolute Gasteiger partial charge is 0.335 e. The Hall–Kier alpha value is -2.15. The molecule has 8 nitrogen and oxygen atoms in total. The topological polar surface area (TPSA) is 99.2 Å². The molecule has 0 bridgehead atoms. The van der Waals surface area contributed by atoms with E-state index in [4.69, 9.17) is 25.1 Å². The number of fused-ring (bicyclic) bond motifs is 1. The molecule has 32 heavy (non-hydrogen) atoms. The lowest BCUT2D eigenvalue weighted by Gasteiger charge is -2.28. The van der Waals surface area contributed by atoms with Gasteiger partial charge in [0, 0.05) is 18.8 Å². The third-order valence-corrected chi connectivity index (χ3v) is 7.41. The average molecular weight is 476 g/mol. The fourth-order valence-electron chi connectivity index (χ4n) is 3.50. The summed E-state index contributed by atoms with van der Waals surface area (Å²) in [7, 11) is -3.88. The first-order valence-corrected chi connectivity index (χ1v) is 12.8. The van der Waals surface area contributed by atoms with Crippen LogP contribution in [0.15, 0.2) is 24.3 Å². The van der Waals surface area contributed by atoms with Crippen molar-refractivity contribution in [1.29, 1.82) is 5.26 Å². The highest BCUT2D eigenvalue weighted by atomic mass is 31.2. The number of nitriles is 1. The number of nitrogens with zero attached hydrogens (tertiary/aromatic N) is 2. The number of rotatable bonds is 12. The largest absolute Gasteiger partial charge is 0.338 e. The molecule has 0 saturated carbocycles. The quantitative estimate of drug-likeness (QED) is 0.196. The molecule has 0 atom stereocenters. The summed E-state index contributed by atoms with van der Waals surface area (Å²) in [6.07, 6.45) is -0.0659. The van der Waals surface area contributed by atoms with E-state index in [1.165, 1.54) is 0 Å². The zero-order chi connectivity index (χ0) is 23.8. The Morgan fingerprint density at radius 2 is 1.62 bits per heavy atom. The SMILES string of the molecule is [C-]#[N+]c1c(C(OCC)(OCC)P=O)ccc2c(C#N)c(CP(=O)(OCC)OCC)ccc12. The van der Waals surface area contributed by atoms with Gasteiger partial charge in [0.05, 0.1) is 31.5 Å². The lowest BCUT2D eigenvalue weighted by Crippen LogP contribution is -2.27. The van der Waals surface area contributed by atoms with Crippen molar-refractivity contribution < 1.29 is 27.7 Å². The van der Waals surface area contributed by atoms with Gasteiger partial charge >= 0.3 is 7.60 Å². The summed E-state index contributed by atoms with van der Waals surface area (Å²) in [5.41, 5.74) is -0.365. The molecule has 2 aromatic rings. The zero-order valence-corrected chi connectivity index (χ0v) is 20.4. The molecule has 0 spiro atoms. The molecule has 0 amide bonds. The van der Waals surface area contributed by atoms with Crippen molar-refractivity contribution in [2.75, 3.05) is 26.4 Å². The van der Waals surface area contributed by atoms with Crippen LogP contribution in [-0.2, 0) is 39.3 Å². The summed E-state index contributed by atoms with van der Waals surface area (Å²) in [5, 5.41) is 10.9. The van der Waals surface area contributed by atoms with Crippen molar-refractivity contribution in [3.05, 3.63) is 52.4 Å². The molecule has 0 heterocycles. The third-order valence-electron chi connectivity index (χ3n) is 4.64. The van der Waals surface area contributed by atoms with Crippen molar-refractivity contribution in [2.24, 2.45) is 0 Å². The van der Waals surface area contributed by atoms with Crippen LogP contribution in [0.3, 0.4) is 0 Å². The number of hydrogen-bond donors (Lipinski definition) is 0. The van der Waals surface area contributed by atoms with Gasteiger partial charge in [0.1, 0.15) is 6.07 Å². The maximum atomic E-state index is 13.0. The molecule has 0 aliphatic heterocycles. The predicted octanol–water partition coefficient (Wildman–Crippen LogP) is 6.50. The van der Waals surface area contributed by atoms with Gasteiger partial charge in [-0.1, -0.05) is 24.3 Å².